The molecule has 6 nitrogen and oxygen atoms in total. The highest BCUT2D eigenvalue weighted by Gasteiger charge is 2.29. The van der Waals surface area contributed by atoms with Crippen LogP contribution in [0.1, 0.15) is 25.3 Å². The van der Waals surface area contributed by atoms with Crippen molar-refractivity contribution in [1.29, 1.82) is 0 Å². The normalized spacial score (nSPS) is 13.7. The highest BCUT2D eigenvalue weighted by molar-refractivity contribution is 6.00. The number of benzene rings is 3. The number of rotatable bonds is 7. The van der Waals surface area contributed by atoms with Gasteiger partial charge in [-0.25, -0.2) is 5.43 Å². The zero-order valence-electron chi connectivity index (χ0n) is 16.7. The number of carbonyl (C=O) groups is 2. The molecule has 0 bridgehead atoms. The quantitative estimate of drug-likeness (QED) is 0.462. The number of carbonyl (C=O) groups excluding carboxylic acids is 2. The fraction of sp³-hybridized carbons (Fsp3) is 0.208. The van der Waals surface area contributed by atoms with E-state index in [-0.39, 0.29) is 24.3 Å². The zero-order valence-corrected chi connectivity index (χ0v) is 16.7. The Morgan fingerprint density at radius 2 is 1.73 bits per heavy atom. The summed E-state index contributed by atoms with van der Waals surface area (Å²) in [5.74, 6) is 0.538. The lowest BCUT2D eigenvalue weighted by atomic mass is 10.1. The van der Waals surface area contributed by atoms with Gasteiger partial charge in [0.05, 0.1) is 5.71 Å². The predicted molar refractivity (Wildman–Crippen MR) is 118 cm³/mol. The van der Waals surface area contributed by atoms with Gasteiger partial charge in [0.2, 0.25) is 5.91 Å². The van der Waals surface area contributed by atoms with Crippen LogP contribution in [0.5, 0.6) is 5.75 Å². The van der Waals surface area contributed by atoms with Crippen LogP contribution in [0.15, 0.2) is 71.8 Å². The van der Waals surface area contributed by atoms with Gasteiger partial charge in [-0.2, -0.15) is 5.10 Å². The van der Waals surface area contributed by atoms with E-state index in [1.165, 1.54) is 0 Å². The average Bonchev–Trinajstić information content (AvgIpc) is 3.62. The van der Waals surface area contributed by atoms with E-state index < -0.39 is 0 Å². The first-order valence-corrected chi connectivity index (χ1v) is 9.94. The Balaban J connectivity index is 1.28. The predicted octanol–water partition coefficient (Wildman–Crippen LogP) is 4.11. The first-order chi connectivity index (χ1) is 14.6. The second-order valence-electron chi connectivity index (χ2n) is 7.37. The molecule has 2 amide bonds. The summed E-state index contributed by atoms with van der Waals surface area (Å²) < 4.78 is 5.57. The number of amides is 2. The Morgan fingerprint density at radius 1 is 1.00 bits per heavy atom. The standard InChI is InChI=1S/C24H23N3O3/c1-16(17-8-11-21(12-9-17)25-24(29)19-6-7-19)26-27-23(28)15-30-22-13-10-18-4-2-3-5-20(18)14-22/h2-5,8-14,19H,6-7,15H2,1H3,(H,25,29)(H,27,28). The highest BCUT2D eigenvalue weighted by atomic mass is 16.5. The van der Waals surface area contributed by atoms with Gasteiger partial charge in [0.1, 0.15) is 5.75 Å². The van der Waals surface area contributed by atoms with Crippen LogP contribution in [0.25, 0.3) is 10.8 Å². The van der Waals surface area contributed by atoms with Gasteiger partial charge in [-0.1, -0.05) is 42.5 Å². The number of fused-ring (bicyclic) bond motifs is 1. The summed E-state index contributed by atoms with van der Waals surface area (Å²) >= 11 is 0. The van der Waals surface area contributed by atoms with Gasteiger partial charge < -0.3 is 10.1 Å². The smallest absolute Gasteiger partial charge is 0.277 e. The van der Waals surface area contributed by atoms with E-state index >= 15 is 0 Å². The molecule has 0 saturated heterocycles. The number of anilines is 1. The van der Waals surface area contributed by atoms with E-state index in [9.17, 15) is 9.59 Å². The Morgan fingerprint density at radius 3 is 2.47 bits per heavy atom. The summed E-state index contributed by atoms with van der Waals surface area (Å²) in [5, 5.41) is 9.21. The zero-order chi connectivity index (χ0) is 20.9. The lowest BCUT2D eigenvalue weighted by Gasteiger charge is -2.08. The van der Waals surface area contributed by atoms with Crippen molar-refractivity contribution in [3.63, 3.8) is 0 Å². The first-order valence-electron chi connectivity index (χ1n) is 9.94. The molecule has 30 heavy (non-hydrogen) atoms. The van der Waals surface area contributed by atoms with Crippen LogP contribution in [-0.4, -0.2) is 24.1 Å². The van der Waals surface area contributed by atoms with Crippen molar-refractivity contribution in [2.75, 3.05) is 11.9 Å². The summed E-state index contributed by atoms with van der Waals surface area (Å²) in [5.41, 5.74) is 4.79. The van der Waals surface area contributed by atoms with E-state index in [0.29, 0.717) is 11.5 Å². The van der Waals surface area contributed by atoms with Gasteiger partial charge in [-0.05, 0) is 60.4 Å². The molecule has 0 unspecified atom stereocenters. The van der Waals surface area contributed by atoms with Crippen molar-refractivity contribution < 1.29 is 14.3 Å². The van der Waals surface area contributed by atoms with Gasteiger partial charge in [0.25, 0.3) is 5.91 Å². The van der Waals surface area contributed by atoms with E-state index in [2.05, 4.69) is 15.8 Å². The van der Waals surface area contributed by atoms with Crippen molar-refractivity contribution in [1.82, 2.24) is 5.43 Å². The molecule has 1 saturated carbocycles. The van der Waals surface area contributed by atoms with E-state index in [1.807, 2.05) is 73.7 Å². The molecule has 1 fully saturated rings. The van der Waals surface area contributed by atoms with Gasteiger partial charge >= 0.3 is 0 Å². The topological polar surface area (TPSA) is 79.8 Å². The van der Waals surface area contributed by atoms with Crippen LogP contribution in [0.4, 0.5) is 5.69 Å². The second-order valence-corrected chi connectivity index (χ2v) is 7.37. The molecular weight excluding hydrogens is 378 g/mol. The fourth-order valence-corrected chi connectivity index (χ4v) is 3.03. The van der Waals surface area contributed by atoms with E-state index in [1.54, 1.807) is 0 Å². The van der Waals surface area contributed by atoms with Crippen LogP contribution in [-0.2, 0) is 9.59 Å². The molecule has 0 spiro atoms. The summed E-state index contributed by atoms with van der Waals surface area (Å²) in [4.78, 5) is 23.9. The second kappa shape index (κ2) is 8.78. The molecule has 152 valence electrons. The fourth-order valence-electron chi connectivity index (χ4n) is 3.03. The molecule has 0 radical (unpaired) electrons. The van der Waals surface area contributed by atoms with Crippen molar-refractivity contribution >= 4 is 34.0 Å². The number of hydrazone groups is 1. The third-order valence-corrected chi connectivity index (χ3v) is 4.96. The van der Waals surface area contributed by atoms with E-state index in [0.717, 1.165) is 34.9 Å². The maximum atomic E-state index is 12.1. The van der Waals surface area contributed by atoms with Crippen LogP contribution < -0.4 is 15.5 Å². The monoisotopic (exact) mass is 401 g/mol. The molecule has 3 aromatic carbocycles. The lowest BCUT2D eigenvalue weighted by Crippen LogP contribution is -2.25. The first kappa shape index (κ1) is 19.6. The SMILES string of the molecule is CC(=NNC(=O)COc1ccc2ccccc2c1)c1ccc(NC(=O)C2CC2)cc1. The molecule has 4 rings (SSSR count). The maximum absolute atomic E-state index is 12.1. The van der Waals surface area contributed by atoms with Gasteiger partial charge in [-0.15, -0.1) is 0 Å². The van der Waals surface area contributed by atoms with Gasteiger partial charge in [-0.3, -0.25) is 9.59 Å². The Labute approximate surface area is 174 Å². The van der Waals surface area contributed by atoms with Crippen molar-refractivity contribution in [2.45, 2.75) is 19.8 Å². The van der Waals surface area contributed by atoms with Crippen molar-refractivity contribution in [2.24, 2.45) is 11.0 Å². The molecule has 1 aliphatic rings. The number of nitrogens with zero attached hydrogens (tertiary/aromatic N) is 1. The minimum atomic E-state index is -0.337. The van der Waals surface area contributed by atoms with Crippen molar-refractivity contribution in [3.8, 4) is 5.75 Å². The van der Waals surface area contributed by atoms with Crippen LogP contribution >= 0.6 is 0 Å². The minimum absolute atomic E-state index is 0.0758. The third-order valence-electron chi connectivity index (χ3n) is 4.96. The summed E-state index contributed by atoms with van der Waals surface area (Å²) in [7, 11) is 0. The van der Waals surface area contributed by atoms with Crippen LogP contribution in [0.3, 0.4) is 0 Å². The van der Waals surface area contributed by atoms with Gasteiger partial charge in [0.15, 0.2) is 6.61 Å². The molecule has 2 N–H and O–H groups in total. The largest absolute Gasteiger partial charge is 0.484 e. The number of ether oxygens (including phenoxy) is 1. The molecule has 6 heteroatoms. The maximum Gasteiger partial charge on any atom is 0.277 e. The lowest BCUT2D eigenvalue weighted by molar-refractivity contribution is -0.123. The Bertz CT molecular complexity index is 1100. The third kappa shape index (κ3) is 5.03. The Kier molecular flexibility index (Phi) is 5.75. The molecule has 0 aliphatic heterocycles. The van der Waals surface area contributed by atoms with Crippen LogP contribution in [0, 0.1) is 5.92 Å². The highest BCUT2D eigenvalue weighted by Crippen LogP contribution is 2.30. The summed E-state index contributed by atoms with van der Waals surface area (Å²) in [6.45, 7) is 1.68. The number of hydrogen-bond acceptors (Lipinski definition) is 4. The molecule has 0 aromatic heterocycles. The number of nitrogens with one attached hydrogen (secondary N) is 2. The van der Waals surface area contributed by atoms with Crippen molar-refractivity contribution in [3.05, 3.63) is 72.3 Å². The van der Waals surface area contributed by atoms with E-state index in [4.69, 9.17) is 4.74 Å². The molecular formula is C24H23N3O3. The molecule has 1 aliphatic carbocycles. The summed E-state index contributed by atoms with van der Waals surface area (Å²) in [6.07, 6.45) is 1.94. The summed E-state index contributed by atoms with van der Waals surface area (Å²) in [6, 6.07) is 21.1. The number of hydrogen-bond donors (Lipinski definition) is 2. The minimum Gasteiger partial charge on any atom is -0.484 e. The molecule has 3 aromatic rings. The van der Waals surface area contributed by atoms with Crippen LogP contribution in [0.2, 0.25) is 0 Å². The Hall–Kier alpha value is -3.67. The average molecular weight is 401 g/mol. The van der Waals surface area contributed by atoms with Gasteiger partial charge in [0, 0.05) is 11.6 Å². The molecule has 0 heterocycles. The molecule has 0 atom stereocenters.